The third-order valence-corrected chi connectivity index (χ3v) is 4.01. The Kier molecular flexibility index (Phi) is 5.96. The van der Waals surface area contributed by atoms with Crippen LogP contribution in [0.2, 0.25) is 0 Å². The van der Waals surface area contributed by atoms with Gasteiger partial charge in [0.05, 0.1) is 26.9 Å². The van der Waals surface area contributed by atoms with Gasteiger partial charge in [-0.15, -0.1) is 0 Å². The molecular formula is C21H20N2O5. The molecule has 0 aliphatic rings. The van der Waals surface area contributed by atoms with Gasteiger partial charge < -0.3 is 24.5 Å². The first-order chi connectivity index (χ1) is 13.6. The van der Waals surface area contributed by atoms with Crippen molar-refractivity contribution >= 4 is 23.2 Å². The number of methoxy groups -OCH3 is 2. The smallest absolute Gasteiger partial charge is 0.291 e. The molecule has 3 aromatic rings. The lowest BCUT2D eigenvalue weighted by molar-refractivity contribution is -0.115. The van der Waals surface area contributed by atoms with Gasteiger partial charge in [0.15, 0.2) is 5.76 Å². The Morgan fingerprint density at radius 2 is 1.64 bits per heavy atom. The van der Waals surface area contributed by atoms with Gasteiger partial charge in [-0.3, -0.25) is 9.59 Å². The van der Waals surface area contributed by atoms with E-state index in [1.807, 2.05) is 0 Å². The fourth-order valence-electron chi connectivity index (χ4n) is 2.64. The molecule has 0 aliphatic heterocycles. The highest BCUT2D eigenvalue weighted by atomic mass is 16.5. The standard InChI is InChI=1S/C21H20N2O5/c1-26-17-9-10-18(27-2)14(12-17)13-20(24)22-15-5-7-16(8-6-15)23-21(25)19-4-3-11-28-19/h3-12H,13H2,1-2H3,(H,22,24)(H,23,25). The molecule has 0 bridgehead atoms. The van der Waals surface area contributed by atoms with Gasteiger partial charge in [-0.05, 0) is 54.6 Å². The fourth-order valence-corrected chi connectivity index (χ4v) is 2.64. The number of hydrogen-bond acceptors (Lipinski definition) is 5. The van der Waals surface area contributed by atoms with Gasteiger partial charge in [0.25, 0.3) is 5.91 Å². The molecule has 1 heterocycles. The van der Waals surface area contributed by atoms with Gasteiger partial charge in [-0.2, -0.15) is 0 Å². The van der Waals surface area contributed by atoms with Crippen LogP contribution < -0.4 is 20.1 Å². The second-order valence-corrected chi connectivity index (χ2v) is 5.91. The Balaban J connectivity index is 1.61. The number of hydrogen-bond donors (Lipinski definition) is 2. The molecule has 0 spiro atoms. The first-order valence-corrected chi connectivity index (χ1v) is 8.54. The maximum Gasteiger partial charge on any atom is 0.291 e. The van der Waals surface area contributed by atoms with Crippen LogP contribution in [0.3, 0.4) is 0 Å². The quantitative estimate of drug-likeness (QED) is 0.652. The van der Waals surface area contributed by atoms with Crippen LogP contribution in [0, 0.1) is 0 Å². The predicted octanol–water partition coefficient (Wildman–Crippen LogP) is 3.73. The maximum atomic E-state index is 12.4. The van der Waals surface area contributed by atoms with Crippen LogP contribution in [0.15, 0.2) is 65.3 Å². The van der Waals surface area contributed by atoms with Crippen LogP contribution in [0.1, 0.15) is 16.1 Å². The highest BCUT2D eigenvalue weighted by Crippen LogP contribution is 2.25. The molecule has 2 N–H and O–H groups in total. The van der Waals surface area contributed by atoms with Crippen LogP contribution in [-0.4, -0.2) is 26.0 Å². The van der Waals surface area contributed by atoms with Crippen molar-refractivity contribution in [3.05, 3.63) is 72.2 Å². The molecule has 144 valence electrons. The topological polar surface area (TPSA) is 89.8 Å². The molecule has 7 heteroatoms. The number of ether oxygens (including phenoxy) is 2. The van der Waals surface area contributed by atoms with E-state index in [0.29, 0.717) is 22.9 Å². The van der Waals surface area contributed by atoms with Crippen molar-refractivity contribution in [3.63, 3.8) is 0 Å². The maximum absolute atomic E-state index is 12.4. The summed E-state index contributed by atoms with van der Waals surface area (Å²) in [6, 6.07) is 15.3. The minimum Gasteiger partial charge on any atom is -0.497 e. The zero-order valence-electron chi connectivity index (χ0n) is 15.5. The molecule has 0 saturated heterocycles. The van der Waals surface area contributed by atoms with Gasteiger partial charge >= 0.3 is 0 Å². The molecular weight excluding hydrogens is 360 g/mol. The van der Waals surface area contributed by atoms with Gasteiger partial charge in [0, 0.05) is 16.9 Å². The summed E-state index contributed by atoms with van der Waals surface area (Å²) < 4.78 is 15.5. The predicted molar refractivity (Wildman–Crippen MR) is 105 cm³/mol. The molecule has 2 amide bonds. The SMILES string of the molecule is COc1ccc(OC)c(CC(=O)Nc2ccc(NC(=O)c3ccco3)cc2)c1. The molecule has 0 aliphatic carbocycles. The van der Waals surface area contributed by atoms with Crippen LogP contribution in [-0.2, 0) is 11.2 Å². The van der Waals surface area contributed by atoms with Gasteiger partial charge in [-0.25, -0.2) is 0 Å². The summed E-state index contributed by atoms with van der Waals surface area (Å²) in [5, 5.41) is 5.54. The van der Waals surface area contributed by atoms with Crippen LogP contribution in [0.5, 0.6) is 11.5 Å². The van der Waals surface area contributed by atoms with Crippen molar-refractivity contribution in [1.29, 1.82) is 0 Å². The third kappa shape index (κ3) is 4.70. The lowest BCUT2D eigenvalue weighted by atomic mass is 10.1. The summed E-state index contributed by atoms with van der Waals surface area (Å²) in [4.78, 5) is 24.3. The number of furan rings is 1. The van der Waals surface area contributed by atoms with E-state index in [1.165, 1.54) is 6.26 Å². The second-order valence-electron chi connectivity index (χ2n) is 5.91. The van der Waals surface area contributed by atoms with E-state index in [9.17, 15) is 9.59 Å². The monoisotopic (exact) mass is 380 g/mol. The summed E-state index contributed by atoms with van der Waals surface area (Å²) in [5.41, 5.74) is 1.93. The minimum atomic E-state index is -0.341. The number of nitrogens with one attached hydrogen (secondary N) is 2. The minimum absolute atomic E-state index is 0.136. The zero-order chi connectivity index (χ0) is 19.9. The van der Waals surface area contributed by atoms with E-state index in [0.717, 1.165) is 5.56 Å². The van der Waals surface area contributed by atoms with Crippen LogP contribution >= 0.6 is 0 Å². The van der Waals surface area contributed by atoms with Gasteiger partial charge in [0.1, 0.15) is 11.5 Å². The summed E-state index contributed by atoms with van der Waals surface area (Å²) in [6.07, 6.45) is 1.57. The Bertz CT molecular complexity index is 949. The normalized spacial score (nSPS) is 10.2. The van der Waals surface area contributed by atoms with E-state index < -0.39 is 0 Å². The fraction of sp³-hybridized carbons (Fsp3) is 0.143. The molecule has 0 saturated carbocycles. The number of carbonyl (C=O) groups excluding carboxylic acids is 2. The van der Waals surface area contributed by atoms with Crippen molar-refractivity contribution in [3.8, 4) is 11.5 Å². The molecule has 28 heavy (non-hydrogen) atoms. The summed E-state index contributed by atoms with van der Waals surface area (Å²) in [7, 11) is 3.12. The Hall–Kier alpha value is -3.74. The van der Waals surface area contributed by atoms with Crippen molar-refractivity contribution in [2.45, 2.75) is 6.42 Å². The van der Waals surface area contributed by atoms with E-state index in [2.05, 4.69) is 10.6 Å². The zero-order valence-corrected chi connectivity index (χ0v) is 15.5. The second kappa shape index (κ2) is 8.77. The van der Waals surface area contributed by atoms with Crippen molar-refractivity contribution < 1.29 is 23.5 Å². The van der Waals surface area contributed by atoms with E-state index >= 15 is 0 Å². The van der Waals surface area contributed by atoms with E-state index in [4.69, 9.17) is 13.9 Å². The molecule has 0 atom stereocenters. The molecule has 2 aromatic carbocycles. The number of carbonyl (C=O) groups is 2. The lowest BCUT2D eigenvalue weighted by Gasteiger charge is -2.11. The number of benzene rings is 2. The van der Waals surface area contributed by atoms with Crippen LogP contribution in [0.4, 0.5) is 11.4 Å². The van der Waals surface area contributed by atoms with Gasteiger partial charge in [-0.1, -0.05) is 0 Å². The van der Waals surface area contributed by atoms with E-state index in [1.54, 1.807) is 68.8 Å². The summed E-state index contributed by atoms with van der Waals surface area (Å²) >= 11 is 0. The van der Waals surface area contributed by atoms with Crippen molar-refractivity contribution in [2.75, 3.05) is 24.9 Å². The van der Waals surface area contributed by atoms with Crippen molar-refractivity contribution in [2.24, 2.45) is 0 Å². The average molecular weight is 380 g/mol. The number of amides is 2. The molecule has 0 unspecified atom stereocenters. The molecule has 3 rings (SSSR count). The highest BCUT2D eigenvalue weighted by Gasteiger charge is 2.12. The largest absolute Gasteiger partial charge is 0.497 e. The molecule has 1 aromatic heterocycles. The first-order valence-electron chi connectivity index (χ1n) is 8.54. The first kappa shape index (κ1) is 19.0. The Morgan fingerprint density at radius 3 is 2.25 bits per heavy atom. The van der Waals surface area contributed by atoms with Gasteiger partial charge in [0.2, 0.25) is 5.91 Å². The number of anilines is 2. The molecule has 0 fully saturated rings. The third-order valence-electron chi connectivity index (χ3n) is 4.01. The van der Waals surface area contributed by atoms with Crippen molar-refractivity contribution in [1.82, 2.24) is 0 Å². The summed E-state index contributed by atoms with van der Waals surface area (Å²) in [6.45, 7) is 0. The summed E-state index contributed by atoms with van der Waals surface area (Å²) in [5.74, 6) is 0.961. The molecule has 0 radical (unpaired) electrons. The van der Waals surface area contributed by atoms with Crippen LogP contribution in [0.25, 0.3) is 0 Å². The number of rotatable bonds is 7. The Labute approximate surface area is 162 Å². The highest BCUT2D eigenvalue weighted by molar-refractivity contribution is 6.02. The Morgan fingerprint density at radius 1 is 0.929 bits per heavy atom. The average Bonchev–Trinajstić information content (AvgIpc) is 3.24. The van der Waals surface area contributed by atoms with E-state index in [-0.39, 0.29) is 24.0 Å². The molecule has 7 nitrogen and oxygen atoms in total. The lowest BCUT2D eigenvalue weighted by Crippen LogP contribution is -2.15.